The summed E-state index contributed by atoms with van der Waals surface area (Å²) in [6.07, 6.45) is 0. The summed E-state index contributed by atoms with van der Waals surface area (Å²) in [5, 5.41) is 7.73. The van der Waals surface area contributed by atoms with Crippen LogP contribution in [0.3, 0.4) is 0 Å². The first kappa shape index (κ1) is 17.5. The number of aryl methyl sites for hydroxylation is 1. The Morgan fingerprint density at radius 2 is 1.85 bits per heavy atom. The van der Waals surface area contributed by atoms with Crippen molar-refractivity contribution in [1.29, 1.82) is 0 Å². The molecule has 0 saturated heterocycles. The summed E-state index contributed by atoms with van der Waals surface area (Å²) in [7, 11) is 3.15. The van der Waals surface area contributed by atoms with Crippen LogP contribution >= 0.6 is 0 Å². The second kappa shape index (κ2) is 7.26. The molecule has 3 rings (SSSR count). The fourth-order valence-electron chi connectivity index (χ4n) is 2.68. The highest BCUT2D eigenvalue weighted by atomic mass is 16.5. The van der Waals surface area contributed by atoms with Crippen LogP contribution in [0.4, 0.5) is 0 Å². The van der Waals surface area contributed by atoms with Crippen molar-refractivity contribution in [3.8, 4) is 17.2 Å². The Hall–Kier alpha value is -3.35. The van der Waals surface area contributed by atoms with E-state index in [9.17, 15) is 4.79 Å². The van der Waals surface area contributed by atoms with E-state index in [1.165, 1.54) is 9.36 Å². The molecule has 0 spiro atoms. The van der Waals surface area contributed by atoms with Gasteiger partial charge < -0.3 is 9.47 Å². The third-order valence-electron chi connectivity index (χ3n) is 4.00. The van der Waals surface area contributed by atoms with Crippen LogP contribution < -0.4 is 15.2 Å². The van der Waals surface area contributed by atoms with Crippen molar-refractivity contribution in [3.05, 3.63) is 70.7 Å². The summed E-state index contributed by atoms with van der Waals surface area (Å²) in [6.45, 7) is 6.16. The zero-order chi connectivity index (χ0) is 18.7. The second-order valence-electron chi connectivity index (χ2n) is 5.82. The van der Waals surface area contributed by atoms with Gasteiger partial charge in [-0.05, 0) is 41.1 Å². The summed E-state index contributed by atoms with van der Waals surface area (Å²) in [5.41, 5.74) is 2.84. The Bertz CT molecular complexity index is 1000. The third kappa shape index (κ3) is 3.23. The van der Waals surface area contributed by atoms with Gasteiger partial charge in [0.15, 0.2) is 11.5 Å². The van der Waals surface area contributed by atoms with Crippen molar-refractivity contribution < 1.29 is 9.47 Å². The minimum Gasteiger partial charge on any atom is -0.493 e. The molecular formula is C19H20N4O3. The van der Waals surface area contributed by atoms with Crippen molar-refractivity contribution in [2.24, 2.45) is 7.05 Å². The normalized spacial score (nSPS) is 10.6. The van der Waals surface area contributed by atoms with Gasteiger partial charge in [0.1, 0.15) is 6.61 Å². The summed E-state index contributed by atoms with van der Waals surface area (Å²) < 4.78 is 13.7. The van der Waals surface area contributed by atoms with E-state index < -0.39 is 0 Å². The van der Waals surface area contributed by atoms with E-state index in [1.807, 2.05) is 49.4 Å². The Morgan fingerprint density at radius 1 is 1.12 bits per heavy atom. The van der Waals surface area contributed by atoms with Crippen LogP contribution in [0.15, 0.2) is 53.8 Å². The molecule has 3 aromatic rings. The van der Waals surface area contributed by atoms with E-state index in [2.05, 4.69) is 17.0 Å². The van der Waals surface area contributed by atoms with Crippen molar-refractivity contribution in [2.75, 3.05) is 7.11 Å². The molecule has 0 bridgehead atoms. The van der Waals surface area contributed by atoms with Crippen LogP contribution in [0.2, 0.25) is 0 Å². The van der Waals surface area contributed by atoms with Gasteiger partial charge in [0.05, 0.1) is 12.8 Å². The smallest absolute Gasteiger partial charge is 0.368 e. The maximum absolute atomic E-state index is 12.3. The molecule has 0 fully saturated rings. The molecule has 0 saturated carbocycles. The minimum atomic E-state index is -0.331. The van der Waals surface area contributed by atoms with Crippen molar-refractivity contribution >= 4 is 5.57 Å². The topological polar surface area (TPSA) is 71.2 Å². The summed E-state index contributed by atoms with van der Waals surface area (Å²) >= 11 is 0. The molecule has 1 aromatic heterocycles. The Labute approximate surface area is 151 Å². The van der Waals surface area contributed by atoms with Gasteiger partial charge in [-0.25, -0.2) is 4.79 Å². The fraction of sp³-hybridized carbons (Fsp3) is 0.211. The largest absolute Gasteiger partial charge is 0.493 e. The molecule has 134 valence electrons. The lowest BCUT2D eigenvalue weighted by Gasteiger charge is -2.16. The highest BCUT2D eigenvalue weighted by molar-refractivity contribution is 5.68. The van der Waals surface area contributed by atoms with E-state index in [0.717, 1.165) is 16.7 Å². The average molecular weight is 352 g/mol. The number of nitrogens with zero attached hydrogens (tertiary/aromatic N) is 4. The number of tetrazole rings is 1. The Balaban J connectivity index is 2.05. The molecule has 0 radical (unpaired) electrons. The highest BCUT2D eigenvalue weighted by Gasteiger charge is 2.16. The summed E-state index contributed by atoms with van der Waals surface area (Å²) in [5.74, 6) is 1.25. The first-order chi connectivity index (χ1) is 12.5. The number of hydrogen-bond acceptors (Lipinski definition) is 5. The second-order valence-corrected chi connectivity index (χ2v) is 5.82. The predicted octanol–water partition coefficient (Wildman–Crippen LogP) is 2.59. The molecule has 1 heterocycles. The van der Waals surface area contributed by atoms with Crippen molar-refractivity contribution in [1.82, 2.24) is 19.8 Å². The zero-order valence-corrected chi connectivity index (χ0v) is 15.0. The molecule has 0 amide bonds. The van der Waals surface area contributed by atoms with Crippen LogP contribution in [-0.4, -0.2) is 26.9 Å². The number of aromatic nitrogens is 4. The quantitative estimate of drug-likeness (QED) is 0.682. The van der Waals surface area contributed by atoms with Crippen molar-refractivity contribution in [2.45, 2.75) is 13.5 Å². The number of rotatable bonds is 6. The van der Waals surface area contributed by atoms with Crippen LogP contribution in [0.25, 0.3) is 11.3 Å². The molecule has 0 aliphatic rings. The standard InChI is InChI=1S/C19H20N4O3/c1-13(2)14-8-7-9-16(23-19(24)22(3)20-21-23)15(14)12-26-18-11-6-5-10-17(18)25-4/h5-11H,1,12H2,2-4H3. The minimum absolute atomic E-state index is 0.224. The van der Waals surface area contributed by atoms with Gasteiger partial charge in [-0.2, -0.15) is 9.36 Å². The van der Waals surface area contributed by atoms with Crippen LogP contribution in [0.5, 0.6) is 11.5 Å². The number of ether oxygens (including phenoxy) is 2. The van der Waals surface area contributed by atoms with E-state index in [1.54, 1.807) is 14.2 Å². The van der Waals surface area contributed by atoms with Gasteiger partial charge in [-0.1, -0.05) is 36.4 Å². The van der Waals surface area contributed by atoms with Crippen LogP contribution in [-0.2, 0) is 13.7 Å². The van der Waals surface area contributed by atoms with Crippen LogP contribution in [0, 0.1) is 0 Å². The fourth-order valence-corrected chi connectivity index (χ4v) is 2.68. The molecular weight excluding hydrogens is 332 g/mol. The van der Waals surface area contributed by atoms with E-state index in [-0.39, 0.29) is 12.3 Å². The van der Waals surface area contributed by atoms with E-state index in [0.29, 0.717) is 17.2 Å². The number of methoxy groups -OCH3 is 1. The number of allylic oxidation sites excluding steroid dienone is 1. The molecule has 0 aliphatic carbocycles. The average Bonchev–Trinajstić information content (AvgIpc) is 2.98. The first-order valence-electron chi connectivity index (χ1n) is 8.06. The predicted molar refractivity (Wildman–Crippen MR) is 98.6 cm³/mol. The van der Waals surface area contributed by atoms with Crippen molar-refractivity contribution in [3.63, 3.8) is 0 Å². The highest BCUT2D eigenvalue weighted by Crippen LogP contribution is 2.29. The van der Waals surface area contributed by atoms with Gasteiger partial charge in [0, 0.05) is 12.6 Å². The van der Waals surface area contributed by atoms with Gasteiger partial charge in [0.25, 0.3) is 0 Å². The maximum Gasteiger partial charge on any atom is 0.368 e. The number of para-hydroxylation sites is 2. The third-order valence-corrected chi connectivity index (χ3v) is 4.00. The molecule has 0 atom stereocenters. The summed E-state index contributed by atoms with van der Waals surface area (Å²) in [4.78, 5) is 12.3. The molecule has 26 heavy (non-hydrogen) atoms. The van der Waals surface area contributed by atoms with Crippen LogP contribution in [0.1, 0.15) is 18.1 Å². The lowest BCUT2D eigenvalue weighted by atomic mass is 10.0. The van der Waals surface area contributed by atoms with E-state index in [4.69, 9.17) is 9.47 Å². The molecule has 7 nitrogen and oxygen atoms in total. The number of benzene rings is 2. The Kier molecular flexibility index (Phi) is 4.88. The molecule has 0 unspecified atom stereocenters. The summed E-state index contributed by atoms with van der Waals surface area (Å²) in [6, 6.07) is 13.0. The first-order valence-corrected chi connectivity index (χ1v) is 8.06. The van der Waals surface area contributed by atoms with E-state index >= 15 is 0 Å². The molecule has 2 aromatic carbocycles. The van der Waals surface area contributed by atoms with Gasteiger partial charge in [0.2, 0.25) is 0 Å². The SMILES string of the molecule is C=C(C)c1cccc(-n2nnn(C)c2=O)c1COc1ccccc1OC. The Morgan fingerprint density at radius 3 is 2.46 bits per heavy atom. The lowest BCUT2D eigenvalue weighted by Crippen LogP contribution is -2.23. The zero-order valence-electron chi connectivity index (χ0n) is 15.0. The lowest BCUT2D eigenvalue weighted by molar-refractivity contribution is 0.284. The molecule has 0 aliphatic heterocycles. The van der Waals surface area contributed by atoms with Gasteiger partial charge in [-0.15, -0.1) is 0 Å². The number of hydrogen-bond donors (Lipinski definition) is 0. The monoisotopic (exact) mass is 352 g/mol. The molecule has 7 heteroatoms. The van der Waals surface area contributed by atoms with Gasteiger partial charge >= 0.3 is 5.69 Å². The van der Waals surface area contributed by atoms with Gasteiger partial charge in [-0.3, -0.25) is 0 Å². The molecule has 0 N–H and O–H groups in total. The maximum atomic E-state index is 12.3.